The summed E-state index contributed by atoms with van der Waals surface area (Å²) in [7, 11) is 1.48. The molecule has 0 bridgehead atoms. The quantitative estimate of drug-likeness (QED) is 0.779. The predicted molar refractivity (Wildman–Crippen MR) is 100 cm³/mol. The van der Waals surface area contributed by atoms with Crippen LogP contribution < -0.4 is 10.9 Å². The van der Waals surface area contributed by atoms with Gasteiger partial charge in [0, 0.05) is 25.2 Å². The summed E-state index contributed by atoms with van der Waals surface area (Å²) in [5.74, 6) is 0.597. The van der Waals surface area contributed by atoms with E-state index in [0.717, 1.165) is 18.4 Å². The summed E-state index contributed by atoms with van der Waals surface area (Å²) in [5.41, 5.74) is 0.996. The van der Waals surface area contributed by atoms with E-state index in [0.29, 0.717) is 30.4 Å². The molecule has 1 aliphatic carbocycles. The van der Waals surface area contributed by atoms with Gasteiger partial charge in [-0.25, -0.2) is 0 Å². The van der Waals surface area contributed by atoms with E-state index in [1.165, 1.54) is 17.7 Å². The highest BCUT2D eigenvalue weighted by molar-refractivity contribution is 6.00. The Hall–Kier alpha value is -2.69. The van der Waals surface area contributed by atoms with E-state index < -0.39 is 5.91 Å². The minimum Gasteiger partial charge on any atom is -0.355 e. The van der Waals surface area contributed by atoms with Crippen molar-refractivity contribution < 1.29 is 9.59 Å². The number of nitrogens with zero attached hydrogens (tertiary/aromatic N) is 1. The Morgan fingerprint density at radius 1 is 1.19 bits per heavy atom. The van der Waals surface area contributed by atoms with Gasteiger partial charge in [-0.1, -0.05) is 43.7 Å². The number of carbonyl (C=O) groups is 2. The first-order valence-corrected chi connectivity index (χ1v) is 9.07. The smallest absolute Gasteiger partial charge is 0.263 e. The van der Waals surface area contributed by atoms with Crippen molar-refractivity contribution in [1.82, 2.24) is 9.88 Å². The number of carbonyl (C=O) groups excluding carboxylic acids is 2. The standard InChI is InChI=1S/C21H24N2O3/c1-3-15-9-16(15)11-19(24)17-10-18(20(25)22-2)21(26)23(13-17)12-14-7-5-4-6-8-14/h4-8,10,13,15-16H,3,9,11-12H2,1-2H3,(H,22,25)/t15-,16+/m0/s1. The Labute approximate surface area is 153 Å². The number of hydrogen-bond acceptors (Lipinski definition) is 3. The van der Waals surface area contributed by atoms with E-state index in [1.54, 1.807) is 6.20 Å². The normalized spacial score (nSPS) is 18.4. The van der Waals surface area contributed by atoms with Gasteiger partial charge in [-0.3, -0.25) is 14.4 Å². The highest BCUT2D eigenvalue weighted by atomic mass is 16.2. The maximum atomic E-state index is 12.7. The lowest BCUT2D eigenvalue weighted by Gasteiger charge is -2.11. The van der Waals surface area contributed by atoms with Gasteiger partial charge < -0.3 is 9.88 Å². The van der Waals surface area contributed by atoms with Crippen molar-refractivity contribution in [2.75, 3.05) is 7.05 Å². The second-order valence-electron chi connectivity index (χ2n) is 6.93. The molecule has 1 aromatic carbocycles. The number of amides is 1. The van der Waals surface area contributed by atoms with E-state index in [-0.39, 0.29) is 16.9 Å². The Kier molecular flexibility index (Phi) is 5.35. The van der Waals surface area contributed by atoms with Gasteiger partial charge in [-0.15, -0.1) is 0 Å². The maximum Gasteiger partial charge on any atom is 0.263 e. The molecule has 0 aliphatic heterocycles. The summed E-state index contributed by atoms with van der Waals surface area (Å²) in [6, 6.07) is 11.0. The van der Waals surface area contributed by atoms with Crippen LogP contribution in [0.1, 0.15) is 52.5 Å². The minimum atomic E-state index is -0.468. The lowest BCUT2D eigenvalue weighted by molar-refractivity contribution is 0.0961. The summed E-state index contributed by atoms with van der Waals surface area (Å²) in [4.78, 5) is 37.5. The van der Waals surface area contributed by atoms with Gasteiger partial charge in [0.05, 0.1) is 6.54 Å². The summed E-state index contributed by atoms with van der Waals surface area (Å²) < 4.78 is 1.46. The number of rotatable bonds is 7. The van der Waals surface area contributed by atoms with Crippen LogP contribution in [-0.2, 0) is 6.54 Å². The van der Waals surface area contributed by atoms with Crippen LogP contribution in [0.15, 0.2) is 47.4 Å². The lowest BCUT2D eigenvalue weighted by Crippen LogP contribution is -2.32. The average Bonchev–Trinajstić information content (AvgIpc) is 3.41. The fraction of sp³-hybridized carbons (Fsp3) is 0.381. The molecule has 2 aromatic rings. The van der Waals surface area contributed by atoms with Crippen LogP contribution in [0.5, 0.6) is 0 Å². The monoisotopic (exact) mass is 352 g/mol. The van der Waals surface area contributed by atoms with E-state index in [9.17, 15) is 14.4 Å². The number of ketones is 1. The molecule has 0 spiro atoms. The first-order valence-electron chi connectivity index (χ1n) is 9.07. The van der Waals surface area contributed by atoms with Crippen molar-refractivity contribution in [3.05, 3.63) is 69.6 Å². The van der Waals surface area contributed by atoms with Crippen LogP contribution in [0.2, 0.25) is 0 Å². The largest absolute Gasteiger partial charge is 0.355 e. The third-order valence-corrected chi connectivity index (χ3v) is 5.12. The Balaban J connectivity index is 1.93. The van der Waals surface area contributed by atoms with Crippen molar-refractivity contribution in [2.45, 2.75) is 32.7 Å². The molecular formula is C21H24N2O3. The van der Waals surface area contributed by atoms with Crippen molar-refractivity contribution in [2.24, 2.45) is 11.8 Å². The molecule has 0 unspecified atom stereocenters. The second kappa shape index (κ2) is 7.68. The van der Waals surface area contributed by atoms with E-state index in [4.69, 9.17) is 0 Å². The highest BCUT2D eigenvalue weighted by Gasteiger charge is 2.36. The van der Waals surface area contributed by atoms with Gasteiger partial charge in [0.15, 0.2) is 5.78 Å². The summed E-state index contributed by atoms with van der Waals surface area (Å²) in [6.07, 6.45) is 4.26. The van der Waals surface area contributed by atoms with Crippen molar-refractivity contribution in [3.8, 4) is 0 Å². The van der Waals surface area contributed by atoms with Gasteiger partial charge >= 0.3 is 0 Å². The third-order valence-electron chi connectivity index (χ3n) is 5.12. The van der Waals surface area contributed by atoms with E-state index in [1.807, 2.05) is 30.3 Å². The van der Waals surface area contributed by atoms with Crippen LogP contribution in [0.4, 0.5) is 0 Å². The van der Waals surface area contributed by atoms with Crippen molar-refractivity contribution in [1.29, 1.82) is 0 Å². The Morgan fingerprint density at radius 3 is 2.54 bits per heavy atom. The molecule has 1 fully saturated rings. The van der Waals surface area contributed by atoms with Crippen LogP contribution in [0.3, 0.4) is 0 Å². The first kappa shape index (κ1) is 18.1. The van der Waals surface area contributed by atoms with Crippen molar-refractivity contribution >= 4 is 11.7 Å². The van der Waals surface area contributed by atoms with Crippen LogP contribution in [0, 0.1) is 11.8 Å². The zero-order chi connectivity index (χ0) is 18.7. The van der Waals surface area contributed by atoms with Gasteiger partial charge in [-0.2, -0.15) is 0 Å². The van der Waals surface area contributed by atoms with Crippen LogP contribution >= 0.6 is 0 Å². The number of pyridine rings is 1. The highest BCUT2D eigenvalue weighted by Crippen LogP contribution is 2.44. The number of benzene rings is 1. The molecule has 136 valence electrons. The molecule has 0 radical (unpaired) electrons. The van der Waals surface area contributed by atoms with E-state index >= 15 is 0 Å². The SMILES string of the molecule is CC[C@H]1C[C@@H]1CC(=O)c1cc(C(=O)NC)c(=O)n(Cc2ccccc2)c1. The molecule has 1 heterocycles. The molecule has 5 nitrogen and oxygen atoms in total. The minimum absolute atomic E-state index is 0.00193. The molecule has 1 aromatic heterocycles. The summed E-state index contributed by atoms with van der Waals surface area (Å²) >= 11 is 0. The molecule has 1 N–H and O–H groups in total. The third kappa shape index (κ3) is 3.93. The maximum absolute atomic E-state index is 12.7. The van der Waals surface area contributed by atoms with Gasteiger partial charge in [0.25, 0.3) is 11.5 Å². The molecule has 3 rings (SSSR count). The summed E-state index contributed by atoms with van der Waals surface area (Å²) in [6.45, 7) is 2.46. The van der Waals surface area contributed by atoms with Crippen LogP contribution in [-0.4, -0.2) is 23.3 Å². The number of aromatic nitrogens is 1. The summed E-state index contributed by atoms with van der Waals surface area (Å²) in [5, 5.41) is 2.49. The number of Topliss-reactive ketones (excluding diaryl/α,β-unsaturated/α-hetero) is 1. The molecular weight excluding hydrogens is 328 g/mol. The number of hydrogen-bond donors (Lipinski definition) is 1. The zero-order valence-electron chi connectivity index (χ0n) is 15.2. The molecule has 0 saturated heterocycles. The predicted octanol–water partition coefficient (Wildman–Crippen LogP) is 2.88. The Bertz CT molecular complexity index is 871. The topological polar surface area (TPSA) is 68.2 Å². The van der Waals surface area contributed by atoms with Crippen molar-refractivity contribution in [3.63, 3.8) is 0 Å². The molecule has 5 heteroatoms. The Morgan fingerprint density at radius 2 is 1.92 bits per heavy atom. The fourth-order valence-electron chi connectivity index (χ4n) is 3.40. The fourth-order valence-corrected chi connectivity index (χ4v) is 3.40. The zero-order valence-corrected chi connectivity index (χ0v) is 15.2. The lowest BCUT2D eigenvalue weighted by atomic mass is 10.0. The van der Waals surface area contributed by atoms with E-state index in [2.05, 4.69) is 12.2 Å². The molecule has 1 saturated carbocycles. The molecule has 2 atom stereocenters. The first-order chi connectivity index (χ1) is 12.5. The number of nitrogens with one attached hydrogen (secondary N) is 1. The molecule has 1 amide bonds. The van der Waals surface area contributed by atoms with Crippen LogP contribution in [0.25, 0.3) is 0 Å². The molecule has 1 aliphatic rings. The van der Waals surface area contributed by atoms with Gasteiger partial charge in [0.2, 0.25) is 0 Å². The second-order valence-corrected chi connectivity index (χ2v) is 6.93. The average molecular weight is 352 g/mol. The van der Waals surface area contributed by atoms with Gasteiger partial charge in [0.1, 0.15) is 5.56 Å². The molecule has 26 heavy (non-hydrogen) atoms. The van der Waals surface area contributed by atoms with Gasteiger partial charge in [-0.05, 0) is 29.9 Å².